The number of carboxylic acid groups (broad SMARTS) is 4. The van der Waals surface area contributed by atoms with E-state index in [1.165, 1.54) is 0 Å². The molecule has 0 aromatic carbocycles. The first kappa shape index (κ1) is 32.4. The van der Waals surface area contributed by atoms with E-state index in [0.717, 1.165) is 27.7 Å². The van der Waals surface area contributed by atoms with Gasteiger partial charge in [-0.3, -0.25) is 19.2 Å². The molecule has 0 aliphatic heterocycles. The first-order valence-corrected chi connectivity index (χ1v) is 5.01. The Bertz CT molecular complexity index is 356. The van der Waals surface area contributed by atoms with E-state index < -0.39 is 41.2 Å². The Kier molecular flexibility index (Phi) is 27.4. The molecule has 0 bridgehead atoms. The predicted molar refractivity (Wildman–Crippen MR) is 66.1 cm³/mol. The number of Topliss-reactive ketones (excluding diaryl/α,β-unsaturated/α-hetero) is 3. The summed E-state index contributed by atoms with van der Waals surface area (Å²) >= 11 is 0. The maximum absolute atomic E-state index is 9.48. The summed E-state index contributed by atoms with van der Waals surface area (Å²) in [6.07, 6.45) is 0. The molecule has 0 radical (unpaired) electrons. The molecule has 0 aliphatic rings. The van der Waals surface area contributed by atoms with Crippen molar-refractivity contribution in [2.75, 3.05) is 0 Å². The number of carbonyl (C=O) groups is 7. The number of carbonyl (C=O) groups excluding carboxylic acids is 6. The third-order valence-electron chi connectivity index (χ3n) is 0.862. The molecule has 0 saturated heterocycles. The van der Waals surface area contributed by atoms with Gasteiger partial charge in [0, 0.05) is 27.7 Å². The van der Waals surface area contributed by atoms with Crippen molar-refractivity contribution in [2.45, 2.75) is 27.7 Å². The van der Waals surface area contributed by atoms with Crippen LogP contribution in [0.1, 0.15) is 27.7 Å². The fourth-order valence-corrected chi connectivity index (χ4v) is 0. The quantitative estimate of drug-likeness (QED) is 0.376. The minimum Gasteiger partial charge on any atom is -0.542 e. The Balaban J connectivity index is -0.0000000624. The standard InChI is InChI=1S/3C3H4O3.C2H4O2.Al/c3*1-2(4)3(5)6;1-2(3)4;/h3*1H3,(H,5,6);1H3,(H,3,4);/q;;;;+3/p-3. The zero-order valence-corrected chi connectivity index (χ0v) is 13.8. The monoisotopic (exact) mass is 348 g/mol. The van der Waals surface area contributed by atoms with Crippen molar-refractivity contribution >= 4 is 58.6 Å². The molecule has 0 aromatic rings. The Morgan fingerprint density at radius 2 is 0.609 bits per heavy atom. The Morgan fingerprint density at radius 3 is 0.609 bits per heavy atom. The summed E-state index contributed by atoms with van der Waals surface area (Å²) in [5.41, 5.74) is 0. The molecule has 0 unspecified atom stereocenters. The van der Waals surface area contributed by atoms with Gasteiger partial charge < -0.3 is 34.8 Å². The summed E-state index contributed by atoms with van der Waals surface area (Å²) in [7, 11) is 0. The number of hydrogen-bond acceptors (Lipinski definition) is 10. The van der Waals surface area contributed by atoms with Crippen molar-refractivity contribution in [1.82, 2.24) is 0 Å². The second kappa shape index (κ2) is 19.4. The second-order valence-corrected chi connectivity index (χ2v) is 3.05. The Labute approximate surface area is 141 Å². The third kappa shape index (κ3) is 66.4. The van der Waals surface area contributed by atoms with Crippen LogP contribution >= 0.6 is 0 Å². The van der Waals surface area contributed by atoms with Gasteiger partial charge in [-0.2, -0.15) is 0 Å². The second-order valence-electron chi connectivity index (χ2n) is 3.05. The van der Waals surface area contributed by atoms with E-state index >= 15 is 0 Å². The fraction of sp³-hybridized carbons (Fsp3) is 0.364. The van der Waals surface area contributed by atoms with Crippen LogP contribution in [0.5, 0.6) is 0 Å². The Hall–Kier alpha value is -2.58. The van der Waals surface area contributed by atoms with Crippen LogP contribution in [0, 0.1) is 0 Å². The van der Waals surface area contributed by atoms with Gasteiger partial charge in [0.15, 0.2) is 17.3 Å². The molecule has 0 rings (SSSR count). The fourth-order valence-electron chi connectivity index (χ4n) is 0. The number of ketones is 3. The molecule has 126 valence electrons. The van der Waals surface area contributed by atoms with Crippen molar-refractivity contribution in [1.29, 1.82) is 0 Å². The molecular weight excluding hydrogens is 335 g/mol. The van der Waals surface area contributed by atoms with Gasteiger partial charge in [0.1, 0.15) is 17.9 Å². The summed E-state index contributed by atoms with van der Waals surface area (Å²) in [6.45, 7) is 3.90. The zero-order chi connectivity index (χ0) is 19.0. The largest absolute Gasteiger partial charge is 3.00 e. The average Bonchev–Trinajstić information content (AvgIpc) is 2.29. The summed E-state index contributed by atoms with van der Waals surface area (Å²) in [5.74, 6) is -8.53. The van der Waals surface area contributed by atoms with E-state index in [0.29, 0.717) is 0 Å². The molecule has 0 spiro atoms. The van der Waals surface area contributed by atoms with Gasteiger partial charge in [-0.15, -0.1) is 0 Å². The molecule has 0 atom stereocenters. The van der Waals surface area contributed by atoms with E-state index in [2.05, 4.69) is 0 Å². The van der Waals surface area contributed by atoms with Crippen molar-refractivity contribution in [3.63, 3.8) is 0 Å². The molecule has 0 aromatic heterocycles. The van der Waals surface area contributed by atoms with Crippen LogP contribution in [0.15, 0.2) is 0 Å². The molecule has 0 heterocycles. The number of hydrogen-bond donors (Lipinski definition) is 1. The van der Waals surface area contributed by atoms with Crippen molar-refractivity contribution in [3.8, 4) is 0 Å². The first-order valence-electron chi connectivity index (χ1n) is 5.01. The molecule has 0 fully saturated rings. The van der Waals surface area contributed by atoms with Crippen LogP contribution in [0.2, 0.25) is 0 Å². The van der Waals surface area contributed by atoms with Crippen LogP contribution in [0.3, 0.4) is 0 Å². The maximum atomic E-state index is 9.48. The smallest absolute Gasteiger partial charge is 0.542 e. The van der Waals surface area contributed by atoms with Crippen molar-refractivity contribution in [2.24, 2.45) is 0 Å². The van der Waals surface area contributed by atoms with Gasteiger partial charge in [-0.25, -0.2) is 0 Å². The predicted octanol–water partition coefficient (Wildman–Crippen LogP) is -5.31. The van der Waals surface area contributed by atoms with Crippen LogP contribution < -0.4 is 15.3 Å². The maximum Gasteiger partial charge on any atom is 3.00 e. The van der Waals surface area contributed by atoms with Gasteiger partial charge >= 0.3 is 17.4 Å². The molecule has 0 amide bonds. The van der Waals surface area contributed by atoms with E-state index in [9.17, 15) is 44.1 Å². The van der Waals surface area contributed by atoms with E-state index in [4.69, 9.17) is 9.90 Å². The summed E-state index contributed by atoms with van der Waals surface area (Å²) in [5, 5.41) is 35.1. The zero-order valence-electron chi connectivity index (χ0n) is 12.6. The van der Waals surface area contributed by atoms with E-state index in [-0.39, 0.29) is 17.4 Å². The minimum absolute atomic E-state index is 0. The molecular formula is C11H13AlO11. The van der Waals surface area contributed by atoms with Gasteiger partial charge in [-0.05, 0) is 0 Å². The Morgan fingerprint density at radius 1 is 0.565 bits per heavy atom. The summed E-state index contributed by atoms with van der Waals surface area (Å²) in [4.78, 5) is 65.2. The first-order chi connectivity index (χ1) is 9.66. The molecule has 1 N–H and O–H groups in total. The third-order valence-corrected chi connectivity index (χ3v) is 0.862. The van der Waals surface area contributed by atoms with E-state index in [1.807, 2.05) is 0 Å². The van der Waals surface area contributed by atoms with E-state index in [1.54, 1.807) is 0 Å². The van der Waals surface area contributed by atoms with Crippen LogP contribution in [-0.4, -0.2) is 63.7 Å². The minimum atomic E-state index is -1.63. The van der Waals surface area contributed by atoms with Gasteiger partial charge in [-0.1, -0.05) is 0 Å². The van der Waals surface area contributed by atoms with Crippen LogP contribution in [0.4, 0.5) is 0 Å². The number of aliphatic carboxylic acids is 4. The van der Waals surface area contributed by atoms with Gasteiger partial charge in [0.05, 0.1) is 0 Å². The van der Waals surface area contributed by atoms with Crippen molar-refractivity contribution in [3.05, 3.63) is 0 Å². The SMILES string of the molecule is CC(=O)C(=O)[O-].CC(=O)C(=O)[O-].CC(=O)C(=O)[O-].CC(=O)O.[Al+3]. The van der Waals surface area contributed by atoms with Crippen molar-refractivity contribution < 1.29 is 54.0 Å². The van der Waals surface area contributed by atoms with Crippen LogP contribution in [-0.2, 0) is 33.6 Å². The normalized spacial score (nSPS) is 6.96. The molecule has 12 heteroatoms. The molecule has 0 saturated carbocycles. The molecule has 11 nitrogen and oxygen atoms in total. The van der Waals surface area contributed by atoms with Gasteiger partial charge in [0.25, 0.3) is 5.97 Å². The number of rotatable bonds is 3. The van der Waals surface area contributed by atoms with Gasteiger partial charge in [0.2, 0.25) is 0 Å². The topological polar surface area (TPSA) is 209 Å². The molecule has 0 aliphatic carbocycles. The van der Waals surface area contributed by atoms with Crippen LogP contribution in [0.25, 0.3) is 0 Å². The summed E-state index contributed by atoms with van der Waals surface area (Å²) in [6, 6.07) is 0. The number of carboxylic acids is 4. The summed E-state index contributed by atoms with van der Waals surface area (Å²) < 4.78 is 0. The molecule has 23 heavy (non-hydrogen) atoms. The average molecular weight is 348 g/mol.